The molecule has 1 aromatic carbocycles. The van der Waals surface area contributed by atoms with Crippen LogP contribution in [0.25, 0.3) is 0 Å². The second-order valence-corrected chi connectivity index (χ2v) is 9.27. The van der Waals surface area contributed by atoms with Crippen LogP contribution in [0.3, 0.4) is 0 Å². The number of hydrogen-bond acceptors (Lipinski definition) is 3. The van der Waals surface area contributed by atoms with Crippen molar-refractivity contribution in [3.05, 3.63) is 30.1 Å². The molecule has 1 aromatic rings. The molecule has 2 aliphatic rings. The third-order valence-corrected chi connectivity index (χ3v) is 6.65. The van der Waals surface area contributed by atoms with Crippen LogP contribution in [0, 0.1) is 23.6 Å². The summed E-state index contributed by atoms with van der Waals surface area (Å²) in [4.78, 5) is 3.72. The van der Waals surface area contributed by atoms with E-state index in [4.69, 9.17) is 4.74 Å². The number of benzene rings is 1. The van der Waals surface area contributed by atoms with Crippen molar-refractivity contribution >= 4 is 5.69 Å². The maximum Gasteiger partial charge on any atom is 0.126 e. The second kappa shape index (κ2) is 10.0. The summed E-state index contributed by atoms with van der Waals surface area (Å²) < 4.78 is 19.3. The third-order valence-electron chi connectivity index (χ3n) is 6.65. The van der Waals surface area contributed by atoms with Crippen LogP contribution in [0.1, 0.15) is 40.0 Å². The smallest absolute Gasteiger partial charge is 0.126 e. The Morgan fingerprint density at radius 1 is 1.18 bits per heavy atom. The Balaban J connectivity index is 1.40. The van der Waals surface area contributed by atoms with Crippen molar-refractivity contribution in [3.8, 4) is 0 Å². The summed E-state index contributed by atoms with van der Waals surface area (Å²) >= 11 is 0. The number of halogens is 1. The number of nitrogens with zero attached hydrogens (tertiary/aromatic N) is 1. The Bertz CT molecular complexity index is 587. The maximum atomic E-state index is 13.1. The first-order chi connectivity index (χ1) is 13.4. The molecule has 0 radical (unpaired) electrons. The van der Waals surface area contributed by atoms with E-state index in [1.165, 1.54) is 29.9 Å². The van der Waals surface area contributed by atoms with Crippen LogP contribution in [0.15, 0.2) is 24.3 Å². The molecule has 5 heteroatoms. The lowest BCUT2D eigenvalue weighted by molar-refractivity contribution is -0.903. The first kappa shape index (κ1) is 21.5. The Kier molecular flexibility index (Phi) is 7.72. The van der Waals surface area contributed by atoms with Gasteiger partial charge in [0.1, 0.15) is 18.5 Å². The highest BCUT2D eigenvalue weighted by Crippen LogP contribution is 2.35. The average molecular weight is 394 g/mol. The normalized spacial score (nSPS) is 27.9. The number of piperazine rings is 1. The van der Waals surface area contributed by atoms with E-state index in [-0.39, 0.29) is 5.82 Å². The van der Waals surface area contributed by atoms with E-state index in [1.807, 2.05) is 12.1 Å². The predicted octanol–water partition coefficient (Wildman–Crippen LogP) is 2.37. The van der Waals surface area contributed by atoms with Crippen molar-refractivity contribution in [3.63, 3.8) is 0 Å². The molecule has 2 N–H and O–H groups in total. The highest BCUT2D eigenvalue weighted by Gasteiger charge is 2.32. The van der Waals surface area contributed by atoms with Crippen LogP contribution in [0.5, 0.6) is 0 Å². The summed E-state index contributed by atoms with van der Waals surface area (Å²) in [5, 5.41) is 10.5. The molecule has 0 aromatic heterocycles. The van der Waals surface area contributed by atoms with Gasteiger partial charge in [-0.2, -0.15) is 0 Å². The standard InChI is InChI=1S/C23H37FN2O2/c1-17(2)22-9-4-18(3)14-23(22)28-16-21(27)15-25-10-12-26(13-11-25)20-7-5-19(24)6-8-20/h5-8,17-18,21-23,27H,4,9-16H2,1-3H3/p+1/t18-,21-,22+,23-/m1/s1. The van der Waals surface area contributed by atoms with Gasteiger partial charge in [-0.1, -0.05) is 27.2 Å². The number of anilines is 1. The van der Waals surface area contributed by atoms with Crippen LogP contribution in [0.4, 0.5) is 10.1 Å². The number of aliphatic hydroxyl groups is 1. The first-order valence-electron chi connectivity index (χ1n) is 11.1. The summed E-state index contributed by atoms with van der Waals surface area (Å²) in [7, 11) is 0. The molecule has 158 valence electrons. The van der Waals surface area contributed by atoms with Crippen molar-refractivity contribution < 1.29 is 19.1 Å². The van der Waals surface area contributed by atoms with Crippen molar-refractivity contribution in [1.29, 1.82) is 0 Å². The molecule has 0 bridgehead atoms. The van der Waals surface area contributed by atoms with Gasteiger partial charge in [0.05, 0.1) is 38.9 Å². The van der Waals surface area contributed by atoms with Gasteiger partial charge in [-0.15, -0.1) is 0 Å². The number of rotatable bonds is 7. The number of ether oxygens (including phenoxy) is 1. The van der Waals surface area contributed by atoms with Crippen molar-refractivity contribution in [1.82, 2.24) is 0 Å². The summed E-state index contributed by atoms with van der Waals surface area (Å²) in [6.45, 7) is 11.9. The molecule has 1 saturated heterocycles. The molecule has 2 fully saturated rings. The Hall–Kier alpha value is -1.17. The van der Waals surface area contributed by atoms with E-state index < -0.39 is 6.10 Å². The van der Waals surface area contributed by atoms with Gasteiger partial charge in [0.15, 0.2) is 0 Å². The summed E-state index contributed by atoms with van der Waals surface area (Å²) in [6.07, 6.45) is 3.56. The van der Waals surface area contributed by atoms with E-state index in [1.54, 1.807) is 0 Å². The highest BCUT2D eigenvalue weighted by molar-refractivity contribution is 5.46. The van der Waals surface area contributed by atoms with Crippen molar-refractivity contribution in [2.24, 2.45) is 17.8 Å². The lowest BCUT2D eigenvalue weighted by Crippen LogP contribution is -3.16. The summed E-state index contributed by atoms with van der Waals surface area (Å²) in [5.41, 5.74) is 1.08. The van der Waals surface area contributed by atoms with E-state index in [2.05, 4.69) is 25.7 Å². The van der Waals surface area contributed by atoms with Gasteiger partial charge in [0, 0.05) is 5.69 Å². The number of nitrogens with one attached hydrogen (secondary N) is 1. The minimum Gasteiger partial charge on any atom is -0.385 e. The molecule has 1 saturated carbocycles. The fraction of sp³-hybridized carbons (Fsp3) is 0.739. The second-order valence-electron chi connectivity index (χ2n) is 9.27. The molecule has 4 atom stereocenters. The fourth-order valence-electron chi connectivity index (χ4n) is 4.87. The minimum atomic E-state index is -0.405. The number of hydrogen-bond donors (Lipinski definition) is 2. The largest absolute Gasteiger partial charge is 0.385 e. The van der Waals surface area contributed by atoms with Crippen molar-refractivity contribution in [2.75, 3.05) is 44.2 Å². The third kappa shape index (κ3) is 5.91. The first-order valence-corrected chi connectivity index (χ1v) is 11.1. The van der Waals surface area contributed by atoms with Crippen LogP contribution in [-0.2, 0) is 4.74 Å². The van der Waals surface area contributed by atoms with Gasteiger partial charge in [0.2, 0.25) is 0 Å². The molecule has 0 spiro atoms. The molecule has 1 heterocycles. The van der Waals surface area contributed by atoms with E-state index in [0.29, 0.717) is 24.5 Å². The van der Waals surface area contributed by atoms with Crippen LogP contribution < -0.4 is 9.80 Å². The Labute approximate surface area is 169 Å². The van der Waals surface area contributed by atoms with E-state index in [9.17, 15) is 9.50 Å². The molecule has 28 heavy (non-hydrogen) atoms. The number of quaternary nitrogens is 1. The van der Waals surface area contributed by atoms with Crippen molar-refractivity contribution in [2.45, 2.75) is 52.2 Å². The minimum absolute atomic E-state index is 0.191. The predicted molar refractivity (Wildman–Crippen MR) is 111 cm³/mol. The molecule has 0 amide bonds. The van der Waals surface area contributed by atoms with Gasteiger partial charge < -0.3 is 19.6 Å². The lowest BCUT2D eigenvalue weighted by atomic mass is 9.75. The summed E-state index contributed by atoms with van der Waals surface area (Å²) in [6, 6.07) is 6.73. The Morgan fingerprint density at radius 2 is 1.86 bits per heavy atom. The topological polar surface area (TPSA) is 37.1 Å². The van der Waals surface area contributed by atoms with Crippen LogP contribution >= 0.6 is 0 Å². The van der Waals surface area contributed by atoms with Gasteiger partial charge in [-0.25, -0.2) is 4.39 Å². The van der Waals surface area contributed by atoms with Crippen LogP contribution in [-0.4, -0.2) is 56.6 Å². The SMILES string of the molecule is CC(C)[C@@H]1CC[C@@H](C)C[C@H]1OC[C@H](O)C[NH+]1CCN(c2ccc(F)cc2)CC1. The van der Waals surface area contributed by atoms with Gasteiger partial charge in [-0.3, -0.25) is 0 Å². The molecule has 1 aliphatic heterocycles. The maximum absolute atomic E-state index is 13.1. The van der Waals surface area contributed by atoms with Gasteiger partial charge >= 0.3 is 0 Å². The van der Waals surface area contributed by atoms with Gasteiger partial charge in [0.25, 0.3) is 0 Å². The lowest BCUT2D eigenvalue weighted by Gasteiger charge is -2.38. The molecule has 3 rings (SSSR count). The molecular formula is C23H38FN2O2+. The molecule has 1 aliphatic carbocycles. The number of aliphatic hydroxyl groups excluding tert-OH is 1. The molecule has 0 unspecified atom stereocenters. The van der Waals surface area contributed by atoms with Gasteiger partial charge in [-0.05, 0) is 54.9 Å². The quantitative estimate of drug-likeness (QED) is 0.747. The monoisotopic (exact) mass is 393 g/mol. The van der Waals surface area contributed by atoms with E-state index >= 15 is 0 Å². The zero-order valence-electron chi connectivity index (χ0n) is 17.7. The molecule has 4 nitrogen and oxygen atoms in total. The summed E-state index contributed by atoms with van der Waals surface area (Å²) in [5.74, 6) is 1.79. The zero-order chi connectivity index (χ0) is 20.1. The zero-order valence-corrected chi connectivity index (χ0v) is 17.7. The van der Waals surface area contributed by atoms with E-state index in [0.717, 1.165) is 50.7 Å². The average Bonchev–Trinajstić information content (AvgIpc) is 2.67. The molecular weight excluding hydrogens is 355 g/mol. The highest BCUT2D eigenvalue weighted by atomic mass is 19.1. The van der Waals surface area contributed by atoms with Crippen LogP contribution in [0.2, 0.25) is 0 Å². The fourth-order valence-corrected chi connectivity index (χ4v) is 4.87. The Morgan fingerprint density at radius 3 is 2.50 bits per heavy atom.